The van der Waals surface area contributed by atoms with Crippen LogP contribution in [0.3, 0.4) is 0 Å². The first-order valence-electron chi connectivity index (χ1n) is 7.75. The molecule has 5 rings (SSSR count). The highest BCUT2D eigenvalue weighted by atomic mass is 15.2. The number of benzene rings is 1. The van der Waals surface area contributed by atoms with Gasteiger partial charge >= 0.3 is 0 Å². The second-order valence-corrected chi connectivity index (χ2v) is 6.46. The second-order valence-electron chi connectivity index (χ2n) is 6.46. The van der Waals surface area contributed by atoms with Crippen LogP contribution in [0, 0.1) is 6.20 Å². The Hall–Kier alpha value is -2.42. The van der Waals surface area contributed by atoms with Crippen molar-refractivity contribution in [1.29, 1.82) is 0 Å². The Labute approximate surface area is 129 Å². The zero-order valence-electron chi connectivity index (χ0n) is 13.1. The van der Waals surface area contributed by atoms with Gasteiger partial charge in [0, 0.05) is 22.8 Å². The Kier molecular flexibility index (Phi) is 2.13. The number of imidazole rings is 1. The van der Waals surface area contributed by atoms with E-state index in [-0.39, 0.29) is 0 Å². The summed E-state index contributed by atoms with van der Waals surface area (Å²) < 4.78 is 4.41. The number of fused-ring (bicyclic) bond motifs is 7. The average Bonchev–Trinajstić information content (AvgIpc) is 3.10. The van der Waals surface area contributed by atoms with Gasteiger partial charge in [0.2, 0.25) is 5.65 Å². The average molecular weight is 287 g/mol. The van der Waals surface area contributed by atoms with Gasteiger partial charge in [-0.15, -0.1) is 12.1 Å². The van der Waals surface area contributed by atoms with Gasteiger partial charge in [0.1, 0.15) is 5.69 Å². The minimum Gasteiger partial charge on any atom is -0.342 e. The van der Waals surface area contributed by atoms with Crippen LogP contribution in [0.5, 0.6) is 0 Å². The van der Waals surface area contributed by atoms with Crippen molar-refractivity contribution in [2.75, 3.05) is 0 Å². The maximum Gasteiger partial charge on any atom is 0.205 e. The Bertz CT molecular complexity index is 1010. The van der Waals surface area contributed by atoms with E-state index in [0.29, 0.717) is 0 Å². The number of pyridine rings is 1. The Morgan fingerprint density at radius 1 is 1.14 bits per heavy atom. The number of aromatic nitrogens is 3. The predicted octanol–water partition coefficient (Wildman–Crippen LogP) is 2.90. The first-order valence-corrected chi connectivity index (χ1v) is 7.75. The summed E-state index contributed by atoms with van der Waals surface area (Å²) in [7, 11) is 2.05. The van der Waals surface area contributed by atoms with E-state index in [1.165, 1.54) is 33.5 Å². The fourth-order valence-corrected chi connectivity index (χ4v) is 3.99. The number of aryl methyl sites for hydroxylation is 1. The molecule has 1 aliphatic carbocycles. The van der Waals surface area contributed by atoms with Crippen molar-refractivity contribution in [3.05, 3.63) is 58.6 Å². The molecule has 0 bridgehead atoms. The molecule has 0 amide bonds. The summed E-state index contributed by atoms with van der Waals surface area (Å²) in [4.78, 5) is 4.84. The highest BCUT2D eigenvalue weighted by Gasteiger charge is 2.33. The molecule has 0 saturated carbocycles. The van der Waals surface area contributed by atoms with E-state index >= 15 is 0 Å². The van der Waals surface area contributed by atoms with Gasteiger partial charge in [0.05, 0.1) is 13.5 Å². The van der Waals surface area contributed by atoms with E-state index in [9.17, 15) is 0 Å². The molecule has 0 atom stereocenters. The molecule has 0 saturated heterocycles. The van der Waals surface area contributed by atoms with Crippen molar-refractivity contribution in [3.63, 3.8) is 0 Å². The zero-order chi connectivity index (χ0) is 15.0. The van der Waals surface area contributed by atoms with Crippen LogP contribution in [-0.2, 0) is 19.9 Å². The van der Waals surface area contributed by atoms with Gasteiger partial charge in [-0.3, -0.25) is 0 Å². The molecule has 2 aromatic heterocycles. The fourth-order valence-electron chi connectivity index (χ4n) is 3.99. The van der Waals surface area contributed by atoms with E-state index in [1.807, 2.05) is 13.1 Å². The van der Waals surface area contributed by atoms with Crippen LogP contribution in [0.1, 0.15) is 36.4 Å². The molecular weight excluding hydrogens is 270 g/mol. The van der Waals surface area contributed by atoms with Gasteiger partial charge < -0.3 is 4.57 Å². The minimum absolute atomic E-state index is 0.920. The first kappa shape index (κ1) is 12.2. The van der Waals surface area contributed by atoms with Gasteiger partial charge in [-0.1, -0.05) is 17.7 Å². The number of nitrogens with zero attached hydrogens (tertiary/aromatic N) is 3. The number of allylic oxidation sites excluding steroid dienone is 2. The molecule has 0 N–H and O–H groups in total. The van der Waals surface area contributed by atoms with Crippen molar-refractivity contribution >= 4 is 16.7 Å². The van der Waals surface area contributed by atoms with Crippen LogP contribution in [0.25, 0.3) is 22.4 Å². The molecular formula is C19H17N3. The summed E-state index contributed by atoms with van der Waals surface area (Å²) in [5, 5.41) is 0. The molecule has 108 valence electrons. The molecule has 22 heavy (non-hydrogen) atoms. The standard InChI is InChI=1S/C19H17N3/c1-11-9-13-6-7-14-10-16-20-15-5-4-8-21(3)19(15)22(16)18(14)17(13)12(11)2/h4-7H,9-10H2,1-3H3. The SMILES string of the molecule is CC1=C(C)c2c(ccc3c2-n2c(nc4cc[c-][n+](C)c42)C3)C1. The van der Waals surface area contributed by atoms with E-state index in [4.69, 9.17) is 4.98 Å². The van der Waals surface area contributed by atoms with Gasteiger partial charge in [0.15, 0.2) is 5.82 Å². The lowest BCUT2D eigenvalue weighted by atomic mass is 9.99. The van der Waals surface area contributed by atoms with Crippen molar-refractivity contribution in [2.24, 2.45) is 7.05 Å². The van der Waals surface area contributed by atoms with Crippen LogP contribution in [-0.4, -0.2) is 9.55 Å². The van der Waals surface area contributed by atoms with E-state index < -0.39 is 0 Å². The summed E-state index contributed by atoms with van der Waals surface area (Å²) >= 11 is 0. The highest BCUT2D eigenvalue weighted by molar-refractivity contribution is 5.85. The molecule has 3 heteroatoms. The van der Waals surface area contributed by atoms with Gasteiger partial charge in [-0.05, 0) is 31.4 Å². The molecule has 1 aromatic carbocycles. The summed E-state index contributed by atoms with van der Waals surface area (Å²) in [5.41, 5.74) is 10.7. The Balaban J connectivity index is 1.94. The summed E-state index contributed by atoms with van der Waals surface area (Å²) in [6, 6.07) is 8.58. The van der Waals surface area contributed by atoms with Crippen molar-refractivity contribution in [2.45, 2.75) is 26.7 Å². The molecule has 1 aliphatic heterocycles. The van der Waals surface area contributed by atoms with Crippen LogP contribution >= 0.6 is 0 Å². The fraction of sp³-hybridized carbons (Fsp3) is 0.263. The third-order valence-electron chi connectivity index (χ3n) is 5.17. The Morgan fingerprint density at radius 2 is 1.95 bits per heavy atom. The van der Waals surface area contributed by atoms with Crippen LogP contribution in [0.2, 0.25) is 0 Å². The van der Waals surface area contributed by atoms with E-state index in [2.05, 4.69) is 47.4 Å². The maximum atomic E-state index is 4.84. The summed E-state index contributed by atoms with van der Waals surface area (Å²) in [5.74, 6) is 1.14. The molecule has 0 unspecified atom stereocenters. The molecule has 2 aliphatic rings. The number of rotatable bonds is 0. The van der Waals surface area contributed by atoms with Gasteiger partial charge in [0.25, 0.3) is 0 Å². The molecule has 0 spiro atoms. The highest BCUT2D eigenvalue weighted by Crippen LogP contribution is 2.42. The van der Waals surface area contributed by atoms with E-state index in [1.54, 1.807) is 0 Å². The quantitative estimate of drug-likeness (QED) is 0.360. The second kappa shape index (κ2) is 3.86. The Morgan fingerprint density at radius 3 is 2.82 bits per heavy atom. The third-order valence-corrected chi connectivity index (χ3v) is 5.17. The lowest BCUT2D eigenvalue weighted by Gasteiger charge is -2.11. The maximum absolute atomic E-state index is 4.84. The van der Waals surface area contributed by atoms with Crippen molar-refractivity contribution < 1.29 is 4.57 Å². The molecule has 3 nitrogen and oxygen atoms in total. The largest absolute Gasteiger partial charge is 0.342 e. The van der Waals surface area contributed by atoms with Gasteiger partial charge in [-0.2, -0.15) is 0 Å². The van der Waals surface area contributed by atoms with Crippen molar-refractivity contribution in [1.82, 2.24) is 9.55 Å². The summed E-state index contributed by atoms with van der Waals surface area (Å²) in [6.45, 7) is 4.50. The zero-order valence-corrected chi connectivity index (χ0v) is 13.1. The lowest BCUT2D eigenvalue weighted by Crippen LogP contribution is -2.30. The van der Waals surface area contributed by atoms with Crippen LogP contribution in [0.15, 0.2) is 29.8 Å². The lowest BCUT2D eigenvalue weighted by molar-refractivity contribution is -0.651. The molecule has 3 heterocycles. The number of hydrogen-bond acceptors (Lipinski definition) is 1. The third kappa shape index (κ3) is 1.32. The minimum atomic E-state index is 0.920. The van der Waals surface area contributed by atoms with E-state index in [0.717, 1.165) is 29.8 Å². The smallest absolute Gasteiger partial charge is 0.205 e. The first-order chi connectivity index (χ1) is 10.6. The molecule has 0 fully saturated rings. The van der Waals surface area contributed by atoms with Crippen LogP contribution < -0.4 is 4.57 Å². The van der Waals surface area contributed by atoms with Gasteiger partial charge in [-0.25, -0.2) is 9.55 Å². The molecule has 3 aromatic rings. The monoisotopic (exact) mass is 287 g/mol. The normalized spacial score (nSPS) is 15.4. The molecule has 0 radical (unpaired) electrons. The summed E-state index contributed by atoms with van der Waals surface area (Å²) in [6.07, 6.45) is 5.25. The van der Waals surface area contributed by atoms with Crippen LogP contribution in [0.4, 0.5) is 0 Å². The topological polar surface area (TPSA) is 21.7 Å². The number of hydrogen-bond donors (Lipinski definition) is 0. The predicted molar refractivity (Wildman–Crippen MR) is 85.9 cm³/mol. The van der Waals surface area contributed by atoms with Crippen molar-refractivity contribution in [3.8, 4) is 5.69 Å².